The van der Waals surface area contributed by atoms with Gasteiger partial charge in [-0.05, 0) is 51.4 Å². The van der Waals surface area contributed by atoms with Crippen LogP contribution >= 0.6 is 0 Å². The number of allylic oxidation sites excluding steroid dienone is 1. The summed E-state index contributed by atoms with van der Waals surface area (Å²) in [4.78, 5) is 27.5. The molecule has 0 fully saturated rings. The van der Waals surface area contributed by atoms with Crippen molar-refractivity contribution in [1.82, 2.24) is 10.3 Å². The number of aromatic nitrogens is 1. The number of para-hydroxylation sites is 1. The van der Waals surface area contributed by atoms with Crippen molar-refractivity contribution in [3.63, 3.8) is 0 Å². The van der Waals surface area contributed by atoms with Gasteiger partial charge in [0, 0.05) is 29.1 Å². The molecule has 1 unspecified atom stereocenters. The molecule has 0 aliphatic carbocycles. The summed E-state index contributed by atoms with van der Waals surface area (Å²) in [5.74, 6) is -0.0864. The largest absolute Gasteiger partial charge is 0.361 e. The van der Waals surface area contributed by atoms with Crippen LogP contribution in [0.5, 0.6) is 0 Å². The molecule has 1 heterocycles. The van der Waals surface area contributed by atoms with Gasteiger partial charge in [-0.25, -0.2) is 0 Å². The number of aryl methyl sites for hydroxylation is 1. The summed E-state index contributed by atoms with van der Waals surface area (Å²) in [5, 5.41) is 3.90. The highest BCUT2D eigenvalue weighted by molar-refractivity contribution is 5.94. The van der Waals surface area contributed by atoms with Crippen LogP contribution in [0.4, 0.5) is 0 Å². The van der Waals surface area contributed by atoms with E-state index in [-0.39, 0.29) is 11.7 Å². The molecule has 0 radical (unpaired) electrons. The standard InChI is InChI=1S/C21H30N2O2.C10H12.CH5N/c1-3-4-5-6-7-8-9-14-20(25)23-21(16(2)24)18-15-22-19-13-11-10-12-17(18)19;1-8(2)10-7-5-4-6-9(10)3;1-2/h10-13,15,21-22H,3-9,14H2,1-2H3,(H,23,25);4-7H,1H2,2-3H3;2H2,1H3. The van der Waals surface area contributed by atoms with Crippen molar-refractivity contribution in [2.24, 2.45) is 5.73 Å². The Morgan fingerprint density at radius 2 is 1.51 bits per heavy atom. The summed E-state index contributed by atoms with van der Waals surface area (Å²) in [6.45, 7) is 11.8. The first-order valence-electron chi connectivity index (χ1n) is 13.5. The molecule has 5 heteroatoms. The third-order valence-electron chi connectivity index (χ3n) is 6.26. The first kappa shape index (κ1) is 31.8. The van der Waals surface area contributed by atoms with Crippen molar-refractivity contribution in [2.45, 2.75) is 85.1 Å². The van der Waals surface area contributed by atoms with E-state index < -0.39 is 6.04 Å². The first-order chi connectivity index (χ1) is 17.8. The van der Waals surface area contributed by atoms with Crippen LogP contribution in [-0.2, 0) is 9.59 Å². The topological polar surface area (TPSA) is 88.0 Å². The van der Waals surface area contributed by atoms with E-state index in [1.165, 1.54) is 57.2 Å². The highest BCUT2D eigenvalue weighted by atomic mass is 16.2. The SMILES string of the molecule is C=C(C)c1ccccc1C.CCCCCCCCCC(=O)NC(C(C)=O)c1c[nH]c2ccccc12.CN. The van der Waals surface area contributed by atoms with Gasteiger partial charge in [-0.2, -0.15) is 0 Å². The molecule has 3 aromatic rings. The van der Waals surface area contributed by atoms with Gasteiger partial charge in [0.1, 0.15) is 6.04 Å². The van der Waals surface area contributed by atoms with Gasteiger partial charge in [0.25, 0.3) is 0 Å². The molecular weight excluding hydrogens is 458 g/mol. The zero-order valence-electron chi connectivity index (χ0n) is 23.5. The number of ketones is 1. The number of fused-ring (bicyclic) bond motifs is 1. The predicted octanol–water partition coefficient (Wildman–Crippen LogP) is 7.66. The Morgan fingerprint density at radius 1 is 0.919 bits per heavy atom. The molecular formula is C32H47N3O2. The third-order valence-corrected chi connectivity index (χ3v) is 6.26. The Labute approximate surface area is 223 Å². The van der Waals surface area contributed by atoms with Gasteiger partial charge in [-0.1, -0.05) is 100 Å². The fourth-order valence-electron chi connectivity index (χ4n) is 4.26. The number of carbonyl (C=O) groups is 2. The number of amides is 1. The maximum Gasteiger partial charge on any atom is 0.220 e. The molecule has 0 spiro atoms. The Hall–Kier alpha value is -3.18. The van der Waals surface area contributed by atoms with Crippen LogP contribution in [0.3, 0.4) is 0 Å². The van der Waals surface area contributed by atoms with E-state index in [2.05, 4.69) is 48.6 Å². The van der Waals surface area contributed by atoms with E-state index in [1.54, 1.807) is 0 Å². The number of nitrogens with one attached hydrogen (secondary N) is 2. The normalized spacial score (nSPS) is 11.0. The molecule has 0 aliphatic rings. The van der Waals surface area contributed by atoms with E-state index in [1.807, 2.05) is 49.5 Å². The molecule has 202 valence electrons. The Kier molecular flexibility index (Phi) is 15.6. The van der Waals surface area contributed by atoms with Gasteiger partial charge in [0.05, 0.1) is 0 Å². The fourth-order valence-corrected chi connectivity index (χ4v) is 4.26. The summed E-state index contributed by atoms with van der Waals surface area (Å²) < 4.78 is 0. The predicted molar refractivity (Wildman–Crippen MR) is 158 cm³/mol. The zero-order valence-corrected chi connectivity index (χ0v) is 23.5. The van der Waals surface area contributed by atoms with Gasteiger partial charge in [0.2, 0.25) is 5.91 Å². The van der Waals surface area contributed by atoms with Crippen molar-refractivity contribution in [3.8, 4) is 0 Å². The van der Waals surface area contributed by atoms with Crippen LogP contribution in [0.1, 0.15) is 94.9 Å². The molecule has 3 rings (SSSR count). The fraction of sp³-hybridized carbons (Fsp3) is 0.438. The number of benzene rings is 2. The molecule has 1 atom stereocenters. The number of nitrogens with two attached hydrogens (primary N) is 1. The molecule has 5 nitrogen and oxygen atoms in total. The quantitative estimate of drug-likeness (QED) is 0.221. The van der Waals surface area contributed by atoms with Crippen LogP contribution < -0.4 is 11.1 Å². The van der Waals surface area contributed by atoms with E-state index in [9.17, 15) is 9.59 Å². The number of Topliss-reactive ketones (excluding diaryl/α,β-unsaturated/α-hetero) is 1. The second-order valence-corrected chi connectivity index (χ2v) is 9.37. The minimum Gasteiger partial charge on any atom is -0.361 e. The van der Waals surface area contributed by atoms with E-state index >= 15 is 0 Å². The summed E-state index contributed by atoms with van der Waals surface area (Å²) >= 11 is 0. The molecule has 37 heavy (non-hydrogen) atoms. The van der Waals surface area contributed by atoms with Crippen molar-refractivity contribution >= 4 is 28.2 Å². The highest BCUT2D eigenvalue weighted by Crippen LogP contribution is 2.25. The van der Waals surface area contributed by atoms with E-state index in [0.717, 1.165) is 34.9 Å². The summed E-state index contributed by atoms with van der Waals surface area (Å²) in [5.41, 5.74) is 10.0. The van der Waals surface area contributed by atoms with Crippen molar-refractivity contribution in [3.05, 3.63) is 78.0 Å². The maximum atomic E-state index is 12.3. The number of hydrogen-bond donors (Lipinski definition) is 3. The minimum absolute atomic E-state index is 0.0426. The average Bonchev–Trinajstić information content (AvgIpc) is 3.32. The number of unbranched alkanes of at least 4 members (excludes halogenated alkanes) is 6. The minimum atomic E-state index is -0.576. The molecule has 0 bridgehead atoms. The van der Waals surface area contributed by atoms with Crippen LogP contribution in [0, 0.1) is 6.92 Å². The van der Waals surface area contributed by atoms with Crippen LogP contribution in [-0.4, -0.2) is 23.7 Å². The molecule has 0 saturated carbocycles. The molecule has 1 aromatic heterocycles. The zero-order chi connectivity index (χ0) is 27.6. The third kappa shape index (κ3) is 11.2. The molecule has 2 aromatic carbocycles. The highest BCUT2D eigenvalue weighted by Gasteiger charge is 2.22. The van der Waals surface area contributed by atoms with Crippen molar-refractivity contribution in [2.75, 3.05) is 7.05 Å². The van der Waals surface area contributed by atoms with Gasteiger partial charge in [-0.3, -0.25) is 9.59 Å². The van der Waals surface area contributed by atoms with E-state index in [4.69, 9.17) is 0 Å². The lowest BCUT2D eigenvalue weighted by Crippen LogP contribution is -2.32. The lowest BCUT2D eigenvalue weighted by atomic mass is 10.0. The second-order valence-electron chi connectivity index (χ2n) is 9.37. The van der Waals surface area contributed by atoms with Crippen molar-refractivity contribution < 1.29 is 9.59 Å². The second kappa shape index (κ2) is 18.1. The van der Waals surface area contributed by atoms with E-state index in [0.29, 0.717) is 6.42 Å². The Bertz CT molecular complexity index is 1100. The molecule has 0 aliphatic heterocycles. The van der Waals surface area contributed by atoms with Gasteiger partial charge >= 0.3 is 0 Å². The summed E-state index contributed by atoms with van der Waals surface area (Å²) in [6, 6.07) is 15.5. The number of aromatic amines is 1. The average molecular weight is 506 g/mol. The van der Waals surface area contributed by atoms with Gasteiger partial charge < -0.3 is 16.0 Å². The van der Waals surface area contributed by atoms with Crippen molar-refractivity contribution in [1.29, 1.82) is 0 Å². The number of hydrogen-bond acceptors (Lipinski definition) is 3. The monoisotopic (exact) mass is 505 g/mol. The van der Waals surface area contributed by atoms with Crippen LogP contribution in [0.25, 0.3) is 16.5 Å². The number of H-pyrrole nitrogens is 1. The summed E-state index contributed by atoms with van der Waals surface area (Å²) in [6.07, 6.45) is 10.5. The lowest BCUT2D eigenvalue weighted by Gasteiger charge is -2.15. The van der Waals surface area contributed by atoms with Crippen LogP contribution in [0.15, 0.2) is 61.3 Å². The smallest absolute Gasteiger partial charge is 0.220 e. The number of carbonyl (C=O) groups excluding carboxylic acids is 2. The Balaban J connectivity index is 0.000000475. The van der Waals surface area contributed by atoms with Gasteiger partial charge in [-0.15, -0.1) is 0 Å². The first-order valence-corrected chi connectivity index (χ1v) is 13.5. The molecule has 4 N–H and O–H groups in total. The molecule has 1 amide bonds. The van der Waals surface area contributed by atoms with Crippen LogP contribution in [0.2, 0.25) is 0 Å². The van der Waals surface area contributed by atoms with Gasteiger partial charge in [0.15, 0.2) is 5.78 Å². The lowest BCUT2D eigenvalue weighted by molar-refractivity contribution is -0.127. The maximum absolute atomic E-state index is 12.3. The Morgan fingerprint density at radius 3 is 2.11 bits per heavy atom. The summed E-state index contributed by atoms with van der Waals surface area (Å²) in [7, 11) is 1.50. The number of rotatable bonds is 12. The molecule has 0 saturated heterocycles.